The maximum Gasteiger partial charge on any atom is 0.0577 e. The molecule has 0 aliphatic heterocycles. The Kier molecular flexibility index (Phi) is 5.44. The molecule has 4 aliphatic rings. The minimum Gasteiger partial charge on any atom is -0.396 e. The molecule has 4 fully saturated rings. The van der Waals surface area contributed by atoms with Crippen molar-refractivity contribution in [3.8, 4) is 0 Å². The quantitative estimate of drug-likeness (QED) is 0.680. The highest BCUT2D eigenvalue weighted by Crippen LogP contribution is 2.68. The van der Waals surface area contributed by atoms with E-state index >= 15 is 0 Å². The number of fused-ring (bicyclic) bond motifs is 5. The first-order chi connectivity index (χ1) is 12.8. The fourth-order valence-corrected chi connectivity index (χ4v) is 8.79. The highest BCUT2D eigenvalue weighted by molar-refractivity contribution is 5.11. The zero-order valence-corrected chi connectivity index (χ0v) is 17.7. The second-order valence-corrected chi connectivity index (χ2v) is 11.3. The highest BCUT2D eigenvalue weighted by atomic mass is 16.3. The second kappa shape index (κ2) is 7.29. The van der Waals surface area contributed by atoms with Gasteiger partial charge in [0.2, 0.25) is 0 Å². The molecule has 27 heavy (non-hydrogen) atoms. The van der Waals surface area contributed by atoms with E-state index in [1.807, 2.05) is 0 Å². The Labute approximate surface area is 165 Å². The van der Waals surface area contributed by atoms with Crippen LogP contribution in [0.1, 0.15) is 85.0 Å². The molecule has 0 aromatic rings. The predicted octanol–water partition coefficient (Wildman–Crippen LogP) is 4.39. The van der Waals surface area contributed by atoms with Crippen molar-refractivity contribution in [1.82, 2.24) is 0 Å². The van der Waals surface area contributed by atoms with E-state index in [2.05, 4.69) is 20.8 Å². The lowest BCUT2D eigenvalue weighted by atomic mass is 9.43. The van der Waals surface area contributed by atoms with Crippen LogP contribution in [0, 0.1) is 46.3 Å². The van der Waals surface area contributed by atoms with Crippen LogP contribution in [0.2, 0.25) is 0 Å². The standard InChI is InChI=1S/C24H42O3/c1-15(5-4-12-25)18-6-7-19-22-20(9-11-24(18,19)3)23(2)10-8-17(26)13-16(23)14-21(22)27/h15-22,25-27H,4-14H2,1-3H3/t15-,16+,17-,18-,19?,20?,21+,22?,23+,24-/m1/s1. The van der Waals surface area contributed by atoms with Crippen LogP contribution in [0.4, 0.5) is 0 Å². The summed E-state index contributed by atoms with van der Waals surface area (Å²) in [4.78, 5) is 0. The first-order valence-corrected chi connectivity index (χ1v) is 11.8. The normalized spacial score (nSPS) is 53.3. The second-order valence-electron chi connectivity index (χ2n) is 11.3. The van der Waals surface area contributed by atoms with E-state index < -0.39 is 0 Å². The fourth-order valence-electron chi connectivity index (χ4n) is 8.79. The average molecular weight is 379 g/mol. The molecule has 4 saturated carbocycles. The number of hydrogen-bond donors (Lipinski definition) is 3. The van der Waals surface area contributed by atoms with Crippen LogP contribution in [0.25, 0.3) is 0 Å². The molecule has 10 atom stereocenters. The molecule has 0 heterocycles. The van der Waals surface area contributed by atoms with Gasteiger partial charge in [-0.05, 0) is 111 Å². The Morgan fingerprint density at radius 2 is 1.63 bits per heavy atom. The lowest BCUT2D eigenvalue weighted by Gasteiger charge is -2.62. The summed E-state index contributed by atoms with van der Waals surface area (Å²) in [6.45, 7) is 7.74. The minimum absolute atomic E-state index is 0.149. The topological polar surface area (TPSA) is 60.7 Å². The summed E-state index contributed by atoms with van der Waals surface area (Å²) < 4.78 is 0. The van der Waals surface area contributed by atoms with E-state index in [1.54, 1.807) is 0 Å². The first kappa shape index (κ1) is 20.2. The Bertz CT molecular complexity index is 536. The number of aliphatic hydroxyl groups is 3. The van der Waals surface area contributed by atoms with E-state index in [4.69, 9.17) is 0 Å². The molecular formula is C24H42O3. The molecule has 0 radical (unpaired) electrons. The predicted molar refractivity (Wildman–Crippen MR) is 108 cm³/mol. The van der Waals surface area contributed by atoms with Gasteiger partial charge in [0.05, 0.1) is 12.2 Å². The van der Waals surface area contributed by atoms with E-state index in [1.165, 1.54) is 25.7 Å². The molecule has 3 heteroatoms. The lowest BCUT2D eigenvalue weighted by Crippen LogP contribution is -2.58. The molecule has 0 saturated heterocycles. The number of aliphatic hydroxyl groups excluding tert-OH is 3. The van der Waals surface area contributed by atoms with Crippen LogP contribution in [0.5, 0.6) is 0 Å². The van der Waals surface area contributed by atoms with Crippen LogP contribution < -0.4 is 0 Å². The summed E-state index contributed by atoms with van der Waals surface area (Å²) in [6.07, 6.45) is 10.8. The summed E-state index contributed by atoms with van der Waals surface area (Å²) >= 11 is 0. The van der Waals surface area contributed by atoms with Crippen LogP contribution in [-0.4, -0.2) is 34.1 Å². The molecule has 3 nitrogen and oxygen atoms in total. The van der Waals surface area contributed by atoms with E-state index in [0.717, 1.165) is 44.4 Å². The monoisotopic (exact) mass is 378 g/mol. The summed E-state index contributed by atoms with van der Waals surface area (Å²) in [5, 5.41) is 30.7. The molecule has 3 N–H and O–H groups in total. The summed E-state index contributed by atoms with van der Waals surface area (Å²) in [5.41, 5.74) is 0.694. The van der Waals surface area contributed by atoms with Gasteiger partial charge < -0.3 is 15.3 Å². The third-order valence-electron chi connectivity index (χ3n) is 10.2. The van der Waals surface area contributed by atoms with Gasteiger partial charge in [0, 0.05) is 6.61 Å². The summed E-state index contributed by atoms with van der Waals surface area (Å²) in [5.74, 6) is 3.71. The van der Waals surface area contributed by atoms with Gasteiger partial charge in [0.1, 0.15) is 0 Å². The van der Waals surface area contributed by atoms with Crippen molar-refractivity contribution in [3.63, 3.8) is 0 Å². The molecule has 0 aromatic carbocycles. The van der Waals surface area contributed by atoms with Crippen molar-refractivity contribution in [1.29, 1.82) is 0 Å². The van der Waals surface area contributed by atoms with Gasteiger partial charge in [-0.25, -0.2) is 0 Å². The molecular weight excluding hydrogens is 336 g/mol. The first-order valence-electron chi connectivity index (χ1n) is 11.8. The van der Waals surface area contributed by atoms with Gasteiger partial charge in [-0.2, -0.15) is 0 Å². The molecule has 0 spiro atoms. The van der Waals surface area contributed by atoms with E-state index in [0.29, 0.717) is 47.0 Å². The van der Waals surface area contributed by atoms with Crippen molar-refractivity contribution in [2.45, 2.75) is 97.2 Å². The van der Waals surface area contributed by atoms with Crippen molar-refractivity contribution in [2.75, 3.05) is 6.61 Å². The van der Waals surface area contributed by atoms with Gasteiger partial charge in [-0.3, -0.25) is 0 Å². The van der Waals surface area contributed by atoms with Crippen LogP contribution in [0.3, 0.4) is 0 Å². The third kappa shape index (κ3) is 3.11. The lowest BCUT2D eigenvalue weighted by molar-refractivity contribution is -0.174. The van der Waals surface area contributed by atoms with Crippen molar-refractivity contribution >= 4 is 0 Å². The van der Waals surface area contributed by atoms with Crippen molar-refractivity contribution < 1.29 is 15.3 Å². The Morgan fingerprint density at radius 1 is 0.926 bits per heavy atom. The number of hydrogen-bond acceptors (Lipinski definition) is 3. The zero-order chi connectivity index (χ0) is 19.4. The largest absolute Gasteiger partial charge is 0.396 e. The molecule has 156 valence electrons. The Morgan fingerprint density at radius 3 is 2.37 bits per heavy atom. The van der Waals surface area contributed by atoms with Crippen LogP contribution in [-0.2, 0) is 0 Å². The smallest absolute Gasteiger partial charge is 0.0577 e. The van der Waals surface area contributed by atoms with Crippen molar-refractivity contribution in [2.24, 2.45) is 46.3 Å². The Hall–Kier alpha value is -0.120. The average Bonchev–Trinajstić information content (AvgIpc) is 2.98. The maximum absolute atomic E-state index is 11.3. The molecule has 4 aliphatic carbocycles. The molecule has 0 aromatic heterocycles. The van der Waals surface area contributed by atoms with Gasteiger partial charge in [0.15, 0.2) is 0 Å². The third-order valence-corrected chi connectivity index (χ3v) is 10.2. The molecule has 3 unspecified atom stereocenters. The van der Waals surface area contributed by atoms with Crippen molar-refractivity contribution in [3.05, 3.63) is 0 Å². The highest BCUT2D eigenvalue weighted by Gasteiger charge is 2.62. The number of rotatable bonds is 4. The van der Waals surface area contributed by atoms with Gasteiger partial charge in [0.25, 0.3) is 0 Å². The van der Waals surface area contributed by atoms with Crippen LogP contribution in [0.15, 0.2) is 0 Å². The minimum atomic E-state index is -0.172. The van der Waals surface area contributed by atoms with E-state index in [-0.39, 0.29) is 12.2 Å². The van der Waals surface area contributed by atoms with Gasteiger partial charge in [-0.15, -0.1) is 0 Å². The Balaban J connectivity index is 1.57. The molecule has 0 bridgehead atoms. The molecule has 0 amide bonds. The SMILES string of the molecule is C[C@H](CCCO)[C@H]1CCC2C3C(CC[C@@]21C)[C@@]1(C)CC[C@@H](O)C[C@H]1C[C@@H]3O. The van der Waals surface area contributed by atoms with Gasteiger partial charge in [-0.1, -0.05) is 20.8 Å². The fraction of sp³-hybridized carbons (Fsp3) is 1.00. The summed E-state index contributed by atoms with van der Waals surface area (Å²) in [7, 11) is 0. The maximum atomic E-state index is 11.3. The summed E-state index contributed by atoms with van der Waals surface area (Å²) in [6, 6.07) is 0. The van der Waals surface area contributed by atoms with E-state index in [9.17, 15) is 15.3 Å². The van der Waals surface area contributed by atoms with Crippen LogP contribution >= 0.6 is 0 Å². The zero-order valence-electron chi connectivity index (χ0n) is 17.7. The molecule has 4 rings (SSSR count). The van der Waals surface area contributed by atoms with Gasteiger partial charge >= 0.3 is 0 Å².